The Morgan fingerprint density at radius 2 is 2.11 bits per heavy atom. The normalized spacial score (nSPS) is 11.4. The van der Waals surface area contributed by atoms with Crippen LogP contribution in [-0.2, 0) is 10.0 Å². The largest absolute Gasteiger partial charge is 0.398 e. The molecule has 18 heavy (non-hydrogen) atoms. The van der Waals surface area contributed by atoms with Crippen LogP contribution in [0.25, 0.3) is 0 Å². The molecule has 2 aromatic rings. The molecule has 0 spiro atoms. The van der Waals surface area contributed by atoms with Crippen LogP contribution >= 0.6 is 27.3 Å². The standard InChI is InChI=1S/C11H11BrN2O2S2/c1-7-4-9(12)10(13)5-11(7)18(15,16)14-8-2-3-17-6-8/h2-6,14H,13H2,1H3. The molecule has 3 N–H and O–H groups in total. The van der Waals surface area contributed by atoms with E-state index in [2.05, 4.69) is 20.7 Å². The van der Waals surface area contributed by atoms with Crippen molar-refractivity contribution in [2.75, 3.05) is 10.5 Å². The second-order valence-electron chi connectivity index (χ2n) is 3.76. The van der Waals surface area contributed by atoms with Gasteiger partial charge in [-0.25, -0.2) is 8.42 Å². The summed E-state index contributed by atoms with van der Waals surface area (Å²) >= 11 is 4.70. The van der Waals surface area contributed by atoms with Crippen molar-refractivity contribution in [1.82, 2.24) is 0 Å². The van der Waals surface area contributed by atoms with E-state index in [4.69, 9.17) is 5.73 Å². The monoisotopic (exact) mass is 346 g/mol. The summed E-state index contributed by atoms with van der Waals surface area (Å²) in [6, 6.07) is 4.85. The lowest BCUT2D eigenvalue weighted by Crippen LogP contribution is -2.14. The number of anilines is 2. The lowest BCUT2D eigenvalue weighted by molar-refractivity contribution is 0.600. The van der Waals surface area contributed by atoms with E-state index in [0.717, 1.165) is 0 Å². The quantitative estimate of drug-likeness (QED) is 0.838. The number of hydrogen-bond donors (Lipinski definition) is 2. The zero-order valence-electron chi connectivity index (χ0n) is 9.48. The molecular formula is C11H11BrN2O2S2. The Bertz CT molecular complexity index is 667. The first kappa shape index (κ1) is 13.4. The molecule has 4 nitrogen and oxygen atoms in total. The fourth-order valence-corrected chi connectivity index (χ4v) is 3.92. The van der Waals surface area contributed by atoms with Gasteiger partial charge in [0.1, 0.15) is 0 Å². The van der Waals surface area contributed by atoms with Crippen LogP contribution < -0.4 is 10.5 Å². The Labute approximate surface area is 118 Å². The first-order valence-corrected chi connectivity index (χ1v) is 8.22. The smallest absolute Gasteiger partial charge is 0.262 e. The SMILES string of the molecule is Cc1cc(Br)c(N)cc1S(=O)(=O)Nc1ccsc1. The van der Waals surface area contributed by atoms with Crippen molar-refractivity contribution in [2.24, 2.45) is 0 Å². The van der Waals surface area contributed by atoms with Crippen molar-refractivity contribution in [3.8, 4) is 0 Å². The van der Waals surface area contributed by atoms with Gasteiger partial charge in [-0.2, -0.15) is 11.3 Å². The predicted octanol–water partition coefficient (Wildman–Crippen LogP) is 3.20. The van der Waals surface area contributed by atoms with E-state index in [1.165, 1.54) is 17.4 Å². The molecule has 0 bridgehead atoms. The summed E-state index contributed by atoms with van der Waals surface area (Å²) in [5.41, 5.74) is 7.31. The molecule has 96 valence electrons. The molecule has 0 fully saturated rings. The highest BCUT2D eigenvalue weighted by atomic mass is 79.9. The van der Waals surface area contributed by atoms with Crippen molar-refractivity contribution < 1.29 is 8.42 Å². The molecule has 0 aliphatic heterocycles. The van der Waals surface area contributed by atoms with Crippen molar-refractivity contribution in [3.63, 3.8) is 0 Å². The Balaban J connectivity index is 2.44. The Kier molecular flexibility index (Phi) is 3.65. The summed E-state index contributed by atoms with van der Waals surface area (Å²) in [5.74, 6) is 0. The highest BCUT2D eigenvalue weighted by Crippen LogP contribution is 2.28. The number of thiophene rings is 1. The summed E-state index contributed by atoms with van der Waals surface area (Å²) in [5, 5.41) is 3.54. The summed E-state index contributed by atoms with van der Waals surface area (Å²) in [6.45, 7) is 1.73. The van der Waals surface area contributed by atoms with Gasteiger partial charge in [-0.3, -0.25) is 4.72 Å². The van der Waals surface area contributed by atoms with Crippen LogP contribution in [0.15, 0.2) is 38.3 Å². The maximum absolute atomic E-state index is 12.2. The molecule has 0 radical (unpaired) electrons. The van der Waals surface area contributed by atoms with Gasteiger partial charge in [0.25, 0.3) is 10.0 Å². The minimum Gasteiger partial charge on any atom is -0.398 e. The summed E-state index contributed by atoms with van der Waals surface area (Å²) < 4.78 is 27.6. The summed E-state index contributed by atoms with van der Waals surface area (Å²) in [7, 11) is -3.60. The minimum atomic E-state index is -3.60. The number of halogens is 1. The molecule has 0 saturated heterocycles. The first-order valence-electron chi connectivity index (χ1n) is 5.01. The van der Waals surface area contributed by atoms with Gasteiger partial charge in [0.15, 0.2) is 0 Å². The topological polar surface area (TPSA) is 72.2 Å². The molecule has 0 saturated carbocycles. The molecule has 0 unspecified atom stereocenters. The average Bonchev–Trinajstić information content (AvgIpc) is 2.75. The van der Waals surface area contributed by atoms with E-state index in [0.29, 0.717) is 21.4 Å². The van der Waals surface area contributed by atoms with Gasteiger partial charge in [-0.1, -0.05) is 0 Å². The highest BCUT2D eigenvalue weighted by Gasteiger charge is 2.18. The third-order valence-electron chi connectivity index (χ3n) is 2.36. The van der Waals surface area contributed by atoms with E-state index >= 15 is 0 Å². The zero-order chi connectivity index (χ0) is 13.3. The fourth-order valence-electron chi connectivity index (χ4n) is 1.49. The number of nitrogen functional groups attached to an aromatic ring is 1. The van der Waals surface area contributed by atoms with Gasteiger partial charge < -0.3 is 5.73 Å². The number of rotatable bonds is 3. The first-order chi connectivity index (χ1) is 8.40. The number of benzene rings is 1. The van der Waals surface area contributed by atoms with Crippen LogP contribution in [-0.4, -0.2) is 8.42 Å². The molecular weight excluding hydrogens is 336 g/mol. The Morgan fingerprint density at radius 3 is 2.72 bits per heavy atom. The van der Waals surface area contributed by atoms with Crippen LogP contribution in [0.4, 0.5) is 11.4 Å². The van der Waals surface area contributed by atoms with E-state index in [9.17, 15) is 8.42 Å². The van der Waals surface area contributed by atoms with Gasteiger partial charge >= 0.3 is 0 Å². The van der Waals surface area contributed by atoms with Crippen molar-refractivity contribution >= 4 is 48.7 Å². The third kappa shape index (κ3) is 2.68. The second kappa shape index (κ2) is 4.91. The molecule has 1 aromatic carbocycles. The van der Waals surface area contributed by atoms with Crippen molar-refractivity contribution in [3.05, 3.63) is 39.0 Å². The molecule has 0 amide bonds. The van der Waals surface area contributed by atoms with Gasteiger partial charge in [-0.15, -0.1) is 0 Å². The van der Waals surface area contributed by atoms with Crippen molar-refractivity contribution in [1.29, 1.82) is 0 Å². The molecule has 1 aromatic heterocycles. The molecule has 0 aliphatic rings. The van der Waals surface area contributed by atoms with Crippen LogP contribution in [0, 0.1) is 6.92 Å². The maximum Gasteiger partial charge on any atom is 0.262 e. The molecule has 0 atom stereocenters. The molecule has 2 rings (SSSR count). The predicted molar refractivity (Wildman–Crippen MR) is 78.4 cm³/mol. The molecule has 1 heterocycles. The lowest BCUT2D eigenvalue weighted by Gasteiger charge is -2.11. The van der Waals surface area contributed by atoms with Gasteiger partial charge in [0.05, 0.1) is 10.6 Å². The summed E-state index contributed by atoms with van der Waals surface area (Å²) in [6.07, 6.45) is 0. The third-order valence-corrected chi connectivity index (χ3v) is 5.25. The zero-order valence-corrected chi connectivity index (χ0v) is 12.7. The van der Waals surface area contributed by atoms with Gasteiger partial charge in [-0.05, 0) is 52.0 Å². The highest BCUT2D eigenvalue weighted by molar-refractivity contribution is 9.10. The Morgan fingerprint density at radius 1 is 1.39 bits per heavy atom. The van der Waals surface area contributed by atoms with Crippen LogP contribution in [0.2, 0.25) is 0 Å². The van der Waals surface area contributed by atoms with E-state index in [1.807, 2.05) is 0 Å². The Hall–Kier alpha value is -1.05. The van der Waals surface area contributed by atoms with Crippen LogP contribution in [0.1, 0.15) is 5.56 Å². The average molecular weight is 347 g/mol. The van der Waals surface area contributed by atoms with Crippen LogP contribution in [0.3, 0.4) is 0 Å². The maximum atomic E-state index is 12.2. The number of aryl methyl sites for hydroxylation is 1. The van der Waals surface area contributed by atoms with E-state index in [-0.39, 0.29) is 4.90 Å². The van der Waals surface area contributed by atoms with E-state index < -0.39 is 10.0 Å². The van der Waals surface area contributed by atoms with Gasteiger partial charge in [0.2, 0.25) is 0 Å². The number of hydrogen-bond acceptors (Lipinski definition) is 4. The molecule has 7 heteroatoms. The number of nitrogens with one attached hydrogen (secondary N) is 1. The fraction of sp³-hybridized carbons (Fsp3) is 0.0909. The van der Waals surface area contributed by atoms with Crippen molar-refractivity contribution in [2.45, 2.75) is 11.8 Å². The van der Waals surface area contributed by atoms with Gasteiger partial charge in [0, 0.05) is 15.5 Å². The second-order valence-corrected chi connectivity index (χ2v) is 7.04. The molecule has 0 aliphatic carbocycles. The lowest BCUT2D eigenvalue weighted by atomic mass is 10.2. The van der Waals surface area contributed by atoms with Crippen LogP contribution in [0.5, 0.6) is 0 Å². The van der Waals surface area contributed by atoms with E-state index in [1.54, 1.807) is 29.8 Å². The number of nitrogens with two attached hydrogens (primary N) is 1. The number of sulfonamides is 1. The minimum absolute atomic E-state index is 0.189. The summed E-state index contributed by atoms with van der Waals surface area (Å²) in [4.78, 5) is 0.189.